The van der Waals surface area contributed by atoms with Gasteiger partial charge in [-0.25, -0.2) is 4.98 Å². The highest BCUT2D eigenvalue weighted by atomic mass is 127. The van der Waals surface area contributed by atoms with E-state index in [0.29, 0.717) is 19.1 Å². The van der Waals surface area contributed by atoms with Gasteiger partial charge in [-0.15, -0.1) is 24.0 Å². The predicted octanol–water partition coefficient (Wildman–Crippen LogP) is 1.78. The van der Waals surface area contributed by atoms with Crippen molar-refractivity contribution in [2.75, 3.05) is 25.0 Å². The Morgan fingerprint density at radius 2 is 2.19 bits per heavy atom. The molecular weight excluding hydrogens is 455 g/mol. The van der Waals surface area contributed by atoms with Crippen molar-refractivity contribution in [3.8, 4) is 0 Å². The number of aliphatic imine (C=N–C) groups is 1. The Labute approximate surface area is 177 Å². The summed E-state index contributed by atoms with van der Waals surface area (Å²) in [7, 11) is 1.78. The van der Waals surface area contributed by atoms with Gasteiger partial charge in [0.05, 0.1) is 5.92 Å². The van der Waals surface area contributed by atoms with Crippen molar-refractivity contribution < 1.29 is 4.79 Å². The monoisotopic (exact) mass is 484 g/mol. The molecule has 1 saturated heterocycles. The molecule has 0 radical (unpaired) electrons. The fourth-order valence-corrected chi connectivity index (χ4v) is 3.56. The number of nitrogens with two attached hydrogens (primary N) is 1. The number of piperidine rings is 1. The van der Waals surface area contributed by atoms with Crippen LogP contribution in [-0.2, 0) is 11.3 Å². The van der Waals surface area contributed by atoms with E-state index in [-0.39, 0.29) is 35.8 Å². The summed E-state index contributed by atoms with van der Waals surface area (Å²) in [6, 6.07) is 4.41. The number of hydrogen-bond donors (Lipinski definition) is 3. The van der Waals surface area contributed by atoms with Crippen LogP contribution in [0.4, 0.5) is 5.82 Å². The smallest absolute Gasteiger partial charge is 0.222 e. The maximum absolute atomic E-state index is 11.6. The molecular formula is C19H29IN6O. The molecule has 8 heteroatoms. The summed E-state index contributed by atoms with van der Waals surface area (Å²) in [5.74, 6) is 1.39. The molecule has 4 N–H and O–H groups in total. The lowest BCUT2D eigenvalue weighted by Gasteiger charge is -2.33. The quantitative estimate of drug-likeness (QED) is 0.256. The minimum atomic E-state index is -0.222. The SMILES string of the molecule is CN=C(NCc1cccnc1N1CCCC(C(N)=O)C1)NC1CC=CC1.I. The number of nitrogens with one attached hydrogen (secondary N) is 2. The van der Waals surface area contributed by atoms with Crippen LogP contribution in [0.15, 0.2) is 35.5 Å². The van der Waals surface area contributed by atoms with Crippen molar-refractivity contribution in [2.45, 2.75) is 38.3 Å². The minimum Gasteiger partial charge on any atom is -0.369 e. The molecule has 1 aromatic heterocycles. The predicted molar refractivity (Wildman–Crippen MR) is 119 cm³/mol. The lowest BCUT2D eigenvalue weighted by Crippen LogP contribution is -2.43. The number of pyridine rings is 1. The number of halogens is 1. The highest BCUT2D eigenvalue weighted by molar-refractivity contribution is 14.0. The van der Waals surface area contributed by atoms with Gasteiger partial charge in [0, 0.05) is 44.5 Å². The van der Waals surface area contributed by atoms with Crippen molar-refractivity contribution in [3.05, 3.63) is 36.0 Å². The third kappa shape index (κ3) is 5.82. The number of primary amides is 1. The Kier molecular flexibility index (Phi) is 8.33. The minimum absolute atomic E-state index is 0. The van der Waals surface area contributed by atoms with Crippen LogP contribution in [0.1, 0.15) is 31.2 Å². The fourth-order valence-electron chi connectivity index (χ4n) is 3.56. The summed E-state index contributed by atoms with van der Waals surface area (Å²) in [6.07, 6.45) is 10.0. The first-order chi connectivity index (χ1) is 12.7. The molecule has 3 rings (SSSR count). The Bertz CT molecular complexity index is 685. The van der Waals surface area contributed by atoms with Gasteiger partial charge in [0.1, 0.15) is 5.82 Å². The van der Waals surface area contributed by atoms with E-state index in [1.165, 1.54) is 0 Å². The highest BCUT2D eigenvalue weighted by Crippen LogP contribution is 2.24. The van der Waals surface area contributed by atoms with Crippen molar-refractivity contribution in [2.24, 2.45) is 16.6 Å². The molecule has 0 spiro atoms. The van der Waals surface area contributed by atoms with Gasteiger partial charge >= 0.3 is 0 Å². The highest BCUT2D eigenvalue weighted by Gasteiger charge is 2.26. The number of nitrogens with zero attached hydrogens (tertiary/aromatic N) is 3. The molecule has 1 amide bonds. The van der Waals surface area contributed by atoms with Crippen LogP contribution in [0.2, 0.25) is 0 Å². The van der Waals surface area contributed by atoms with Crippen LogP contribution in [0.3, 0.4) is 0 Å². The summed E-state index contributed by atoms with van der Waals surface area (Å²) in [5.41, 5.74) is 6.60. The summed E-state index contributed by atoms with van der Waals surface area (Å²) < 4.78 is 0. The van der Waals surface area contributed by atoms with E-state index >= 15 is 0 Å². The summed E-state index contributed by atoms with van der Waals surface area (Å²) in [6.45, 7) is 2.16. The third-order valence-corrected chi connectivity index (χ3v) is 5.01. The first-order valence-electron chi connectivity index (χ1n) is 9.27. The van der Waals surface area contributed by atoms with Gasteiger partial charge in [-0.3, -0.25) is 9.79 Å². The number of rotatable bonds is 5. The van der Waals surface area contributed by atoms with Crippen molar-refractivity contribution in [3.63, 3.8) is 0 Å². The zero-order valence-electron chi connectivity index (χ0n) is 15.7. The summed E-state index contributed by atoms with van der Waals surface area (Å²) in [4.78, 5) is 22.6. The molecule has 1 unspecified atom stereocenters. The molecule has 0 aromatic carbocycles. The van der Waals surface area contributed by atoms with Gasteiger partial charge in [-0.1, -0.05) is 18.2 Å². The van der Waals surface area contributed by atoms with Crippen LogP contribution in [-0.4, -0.2) is 43.0 Å². The van der Waals surface area contributed by atoms with Crippen molar-refractivity contribution in [1.82, 2.24) is 15.6 Å². The number of guanidine groups is 1. The normalized spacial score (nSPS) is 20.3. The number of amides is 1. The van der Waals surface area contributed by atoms with E-state index in [0.717, 1.165) is 49.6 Å². The molecule has 0 bridgehead atoms. The van der Waals surface area contributed by atoms with Crippen LogP contribution in [0.25, 0.3) is 0 Å². The summed E-state index contributed by atoms with van der Waals surface area (Å²) >= 11 is 0. The average Bonchev–Trinajstić information content (AvgIpc) is 3.18. The van der Waals surface area contributed by atoms with Gasteiger partial charge in [0.25, 0.3) is 0 Å². The lowest BCUT2D eigenvalue weighted by atomic mass is 9.97. The summed E-state index contributed by atoms with van der Waals surface area (Å²) in [5, 5.41) is 6.82. The zero-order chi connectivity index (χ0) is 18.4. The number of carbonyl (C=O) groups is 1. The topological polar surface area (TPSA) is 95.6 Å². The second-order valence-corrected chi connectivity index (χ2v) is 6.88. The van der Waals surface area contributed by atoms with Crippen LogP contribution in [0.5, 0.6) is 0 Å². The van der Waals surface area contributed by atoms with Crippen LogP contribution < -0.4 is 21.3 Å². The fraction of sp³-hybridized carbons (Fsp3) is 0.526. The first kappa shape index (κ1) is 21.5. The third-order valence-electron chi connectivity index (χ3n) is 5.01. The van der Waals surface area contributed by atoms with Gasteiger partial charge in [-0.05, 0) is 31.7 Å². The number of carbonyl (C=O) groups excluding carboxylic acids is 1. The van der Waals surface area contributed by atoms with E-state index in [9.17, 15) is 4.79 Å². The molecule has 1 aromatic rings. The molecule has 1 atom stereocenters. The molecule has 2 aliphatic rings. The Morgan fingerprint density at radius 1 is 1.41 bits per heavy atom. The first-order valence-corrected chi connectivity index (χ1v) is 9.27. The molecule has 1 aliphatic carbocycles. The largest absolute Gasteiger partial charge is 0.369 e. The Morgan fingerprint density at radius 3 is 2.89 bits per heavy atom. The molecule has 2 heterocycles. The standard InChI is InChI=1S/C19H28N6O.HI/c1-21-19(24-16-8-2-3-9-16)23-12-14-6-4-10-22-18(14)25-11-5-7-15(13-25)17(20)26;/h2-4,6,10,15-16H,5,7-9,11-13H2,1H3,(H2,20,26)(H2,21,23,24);1H. The molecule has 27 heavy (non-hydrogen) atoms. The number of aromatic nitrogens is 1. The zero-order valence-corrected chi connectivity index (χ0v) is 18.1. The second-order valence-electron chi connectivity index (χ2n) is 6.88. The van der Waals surface area contributed by atoms with Crippen molar-refractivity contribution >= 4 is 41.7 Å². The average molecular weight is 484 g/mol. The second kappa shape index (κ2) is 10.5. The molecule has 1 fully saturated rings. The van der Waals surface area contributed by atoms with Gasteiger partial charge in [0.2, 0.25) is 5.91 Å². The molecule has 0 saturated carbocycles. The van der Waals surface area contributed by atoms with Gasteiger partial charge < -0.3 is 21.3 Å². The van der Waals surface area contributed by atoms with Gasteiger partial charge in [-0.2, -0.15) is 0 Å². The van der Waals surface area contributed by atoms with E-state index < -0.39 is 0 Å². The van der Waals surface area contributed by atoms with Crippen molar-refractivity contribution in [1.29, 1.82) is 0 Å². The number of anilines is 1. The molecule has 7 nitrogen and oxygen atoms in total. The maximum atomic E-state index is 11.6. The van der Waals surface area contributed by atoms with Gasteiger partial charge in [0.15, 0.2) is 5.96 Å². The van der Waals surface area contributed by atoms with Crippen LogP contribution in [0, 0.1) is 5.92 Å². The van der Waals surface area contributed by atoms with E-state index in [2.05, 4.69) is 43.7 Å². The molecule has 1 aliphatic heterocycles. The van der Waals surface area contributed by atoms with Crippen LogP contribution >= 0.6 is 24.0 Å². The van der Waals surface area contributed by atoms with E-state index in [4.69, 9.17) is 5.73 Å². The Hall–Kier alpha value is -1.84. The van der Waals surface area contributed by atoms with E-state index in [1.807, 2.05) is 6.07 Å². The number of hydrogen-bond acceptors (Lipinski definition) is 4. The Balaban J connectivity index is 0.00000261. The lowest BCUT2D eigenvalue weighted by molar-refractivity contribution is -0.122. The van der Waals surface area contributed by atoms with E-state index in [1.54, 1.807) is 13.2 Å². The maximum Gasteiger partial charge on any atom is 0.222 e. The molecule has 148 valence electrons.